The van der Waals surface area contributed by atoms with Crippen molar-refractivity contribution in [3.63, 3.8) is 0 Å². The molecule has 0 N–H and O–H groups in total. The Kier molecular flexibility index (Phi) is 18.4. The number of hydrogen-bond acceptors (Lipinski definition) is 16. The van der Waals surface area contributed by atoms with Gasteiger partial charge in [-0.05, 0) is 54.8 Å². The van der Waals surface area contributed by atoms with Crippen molar-refractivity contribution < 1.29 is 57.6 Å². The van der Waals surface area contributed by atoms with Crippen molar-refractivity contribution in [3.8, 4) is 0 Å². The molecule has 16 rings (SSSR count). The maximum Gasteiger partial charge on any atom is 0.515 e. The van der Waals surface area contributed by atoms with Crippen LogP contribution < -0.4 is 60.7 Å². The van der Waals surface area contributed by atoms with Gasteiger partial charge in [-0.3, -0.25) is 0 Å². The first kappa shape index (κ1) is 70.7. The molecule has 101 heavy (non-hydrogen) atoms. The summed E-state index contributed by atoms with van der Waals surface area (Å²) < 4.78 is 128. The van der Waals surface area contributed by atoms with Crippen molar-refractivity contribution in [1.29, 1.82) is 0 Å². The maximum absolute atomic E-state index is 8.85. The van der Waals surface area contributed by atoms with Crippen molar-refractivity contribution in [3.05, 3.63) is 291 Å². The molecule has 0 aliphatic carbocycles. The summed E-state index contributed by atoms with van der Waals surface area (Å²) in [5, 5.41) is 5.56. The minimum absolute atomic E-state index is 0.494. The topological polar surface area (TPSA) is 136 Å². The zero-order valence-electron chi connectivity index (χ0n) is 58.8. The molecule has 6 aliphatic heterocycles. The Morgan fingerprint density at radius 2 is 0.366 bits per heavy atom. The van der Waals surface area contributed by atoms with Gasteiger partial charge in [-0.2, -0.15) is 0 Å². The van der Waals surface area contributed by atoms with Gasteiger partial charge < -0.3 is 66.4 Å². The fourth-order valence-corrected chi connectivity index (χ4v) is 81.0. The summed E-state index contributed by atoms with van der Waals surface area (Å²) in [4.78, 5) is 0. The predicted octanol–water partition coefficient (Wildman–Crippen LogP) is 8.76. The molecule has 6 saturated heterocycles. The van der Waals surface area contributed by atoms with Crippen LogP contribution in [0.25, 0.3) is 0 Å². The first-order valence-electron chi connectivity index (χ1n) is 34.2. The van der Waals surface area contributed by atoms with Crippen LogP contribution in [-0.4, -0.2) is 119 Å². The van der Waals surface area contributed by atoms with Gasteiger partial charge in [0.15, 0.2) is 0 Å². The molecule has 6 aliphatic rings. The zero-order chi connectivity index (χ0) is 70.4. The predicted molar refractivity (Wildman–Crippen MR) is 426 cm³/mol. The van der Waals surface area contributed by atoms with Gasteiger partial charge in [0.1, 0.15) is 24.7 Å². The molecule has 0 saturated carbocycles. The molecule has 10 aromatic carbocycles. The lowest BCUT2D eigenvalue weighted by molar-refractivity contribution is 0.0273. The lowest BCUT2D eigenvalue weighted by Crippen LogP contribution is -2.94. The fraction of sp³-hybridized carbons (Fsp3) is 0.167. The zero-order valence-corrected chi connectivity index (χ0v) is 71.8. The monoisotopic (exact) mass is 1560 g/mol. The molecule has 4 atom stereocenters. The van der Waals surface area contributed by atoms with E-state index in [1.54, 1.807) is 0 Å². The Morgan fingerprint density at radius 1 is 0.198 bits per heavy atom. The molecule has 6 heterocycles. The summed E-state index contributed by atoms with van der Waals surface area (Å²) >= 11 is 0. The van der Waals surface area contributed by atoms with Gasteiger partial charge in [-0.15, -0.1) is 0 Å². The third-order valence-corrected chi connectivity index (χ3v) is 71.4. The Labute approximate surface area is 607 Å². The number of rotatable bonds is 15. The second-order valence-corrected chi connectivity index (χ2v) is 74.1. The molecule has 0 aromatic heterocycles. The first-order chi connectivity index (χ1) is 48.2. The summed E-state index contributed by atoms with van der Waals surface area (Å²) in [5.74, 6) is 0. The molecular formula is C72H84N2O14Si13. The largest absolute Gasteiger partial charge is 0.515 e. The van der Waals surface area contributed by atoms with Gasteiger partial charge >= 0.3 is 87.6 Å². The third kappa shape index (κ3) is 13.0. The minimum atomic E-state index is -5.35. The Hall–Kier alpha value is -5.94. The van der Waals surface area contributed by atoms with Crippen LogP contribution in [0.15, 0.2) is 291 Å². The van der Waals surface area contributed by atoms with Crippen LogP contribution in [0.3, 0.4) is 0 Å². The van der Waals surface area contributed by atoms with E-state index in [4.69, 9.17) is 57.6 Å². The summed E-state index contributed by atoms with van der Waals surface area (Å²) in [6.07, 6.45) is 0. The van der Waals surface area contributed by atoms with Crippen LogP contribution in [0.5, 0.6) is 0 Å². The smallest absolute Gasteiger partial charge is 0.425 e. The molecule has 10 aromatic rings. The quantitative estimate of drug-likeness (QED) is 0.0905. The van der Waals surface area contributed by atoms with E-state index < -0.39 is 112 Å². The van der Waals surface area contributed by atoms with E-state index in [1.807, 2.05) is 249 Å². The average molecular weight is 1570 g/mol. The van der Waals surface area contributed by atoms with Crippen LogP contribution in [0.2, 0.25) is 72.0 Å². The summed E-state index contributed by atoms with van der Waals surface area (Å²) in [5.41, 5.74) is 2.14. The molecule has 0 amide bonds. The number of benzene rings is 10. The van der Waals surface area contributed by atoms with E-state index in [1.165, 1.54) is 0 Å². The number of nitrogens with zero attached hydrogens (tertiary/aromatic N) is 2. The van der Waals surface area contributed by atoms with Gasteiger partial charge in [0, 0.05) is 52.9 Å². The van der Waals surface area contributed by atoms with Crippen molar-refractivity contribution >= 4 is 176 Å². The normalized spacial score (nSPS) is 30.4. The van der Waals surface area contributed by atoms with Crippen molar-refractivity contribution in [2.75, 3.05) is 15.8 Å². The highest BCUT2D eigenvalue weighted by Gasteiger charge is 2.84. The van der Waals surface area contributed by atoms with Gasteiger partial charge in [0.05, 0.1) is 0 Å². The van der Waals surface area contributed by atoms with Crippen LogP contribution in [-0.2, 0) is 57.6 Å². The van der Waals surface area contributed by atoms with Crippen molar-refractivity contribution in [2.24, 2.45) is 0 Å². The van der Waals surface area contributed by atoms with E-state index in [0.717, 1.165) is 16.6 Å². The van der Waals surface area contributed by atoms with E-state index >= 15 is 0 Å². The van der Waals surface area contributed by atoms with E-state index in [9.17, 15) is 0 Å². The summed E-state index contributed by atoms with van der Waals surface area (Å²) in [7, 11) is -55.0. The second-order valence-electron chi connectivity index (χ2n) is 29.2. The van der Waals surface area contributed by atoms with E-state index in [-0.39, 0.29) is 0 Å². The van der Waals surface area contributed by atoms with Gasteiger partial charge in [0.25, 0.3) is 0 Å². The highest BCUT2D eigenvalue weighted by atomic mass is 28.6. The van der Waals surface area contributed by atoms with Crippen LogP contribution in [0.1, 0.15) is 0 Å². The first-order valence-corrected chi connectivity index (χ1v) is 63.0. The third-order valence-electron chi connectivity index (χ3n) is 18.8. The molecule has 518 valence electrons. The van der Waals surface area contributed by atoms with E-state index in [0.29, 0.717) is 46.7 Å². The molecule has 6 fully saturated rings. The van der Waals surface area contributed by atoms with Crippen molar-refractivity contribution in [2.45, 2.75) is 72.0 Å². The maximum atomic E-state index is 8.85. The lowest BCUT2D eigenvalue weighted by Gasteiger charge is -2.61. The Morgan fingerprint density at radius 3 is 0.535 bits per heavy atom. The molecule has 29 heteroatoms. The Balaban J connectivity index is 1.19. The van der Waals surface area contributed by atoms with Gasteiger partial charge in [0.2, 0.25) is 0 Å². The fourth-order valence-electron chi connectivity index (χ4n) is 14.2. The minimum Gasteiger partial charge on any atom is -0.425 e. The average Bonchev–Trinajstić information content (AvgIpc) is 0.674. The van der Waals surface area contributed by atoms with Gasteiger partial charge in [-0.25, -0.2) is 0 Å². The molecule has 16 nitrogen and oxygen atoms in total. The van der Waals surface area contributed by atoms with Crippen molar-refractivity contribution in [1.82, 2.24) is 0 Å². The van der Waals surface area contributed by atoms with Crippen LogP contribution in [0.4, 0.5) is 11.4 Å². The number of anilines is 2. The molecule has 8 bridgehead atoms. The standard InChI is InChI=1S/C72H84N2O14Si13/c1-73(89(2,3)4)61-53-57-63(58-54-61)92(11)75-94(65-37-21-13-22-38-65)79-98(69-45-29-17-30-46-69)83-96(67-41-25-15-26-42-67)77-93(12,64-59-55-62(56-60-64)74(90(5,6)7)91(8,9)10)78-97(68-43-27-16-28-44-68)85-100(87-98,71-49-33-19-34-50-71)81-95(76-92,66-39-23-14-24-40-66)82-101(86-97,72-51-35-20-36-52-72)88-99(80-94,84-96)70-47-31-18-32-48-70/h13-60H,1-12H3. The van der Waals surface area contributed by atoms with Gasteiger partial charge in [-0.1, -0.05) is 326 Å². The second kappa shape index (κ2) is 26.3. The van der Waals surface area contributed by atoms with E-state index in [2.05, 4.69) is 130 Å². The Bertz CT molecular complexity index is 4220. The summed E-state index contributed by atoms with van der Waals surface area (Å²) in [6, 6.07) is 96.0. The highest BCUT2D eigenvalue weighted by molar-refractivity contribution is 7.14. The highest BCUT2D eigenvalue weighted by Crippen LogP contribution is 2.47. The lowest BCUT2D eigenvalue weighted by atomic mass is 10.3. The molecule has 0 radical (unpaired) electrons. The van der Waals surface area contributed by atoms with Crippen LogP contribution in [0, 0.1) is 0 Å². The SMILES string of the molecule is CN(c1ccc([Si]2(C)O[Si]3(c4ccccc4)O[Si]4(c5ccccc5)O[Si]5(c6ccccc6)O[Si](C)(c6ccc(N([Si](C)(C)C)[Si](C)(C)C)cc6)O[Si]6(c7ccccc7)O[Si](c7ccccc7)(O[Si](c7ccccc7)(O2)O[Si](c2ccccc2)(O6)O[Si](c2ccccc2)(O3)O5)O4)cc1)[Si](C)(C)C. The number of hydrogen-bond donors (Lipinski definition) is 0. The molecular weight excluding hydrogens is 1480 g/mol. The van der Waals surface area contributed by atoms with Crippen LogP contribution >= 0.6 is 0 Å². The number of fused-ring (bicyclic) bond motifs is 4. The molecule has 4 unspecified atom stereocenters. The molecule has 0 spiro atoms. The summed E-state index contributed by atoms with van der Waals surface area (Å²) in [6.45, 7) is 25.5.